The SMILES string of the molecule is COc1cccc(C(C)CC(=O)N2CCCC(C(C)N)C2)c1. The van der Waals surface area contributed by atoms with Crippen molar-refractivity contribution in [2.45, 2.75) is 45.1 Å². The van der Waals surface area contributed by atoms with Crippen molar-refractivity contribution in [3.63, 3.8) is 0 Å². The van der Waals surface area contributed by atoms with E-state index in [1.165, 1.54) is 0 Å². The molecule has 1 aliphatic rings. The van der Waals surface area contributed by atoms with Crippen LogP contribution < -0.4 is 10.5 Å². The topological polar surface area (TPSA) is 55.6 Å². The van der Waals surface area contributed by atoms with E-state index in [0.29, 0.717) is 12.3 Å². The highest BCUT2D eigenvalue weighted by atomic mass is 16.5. The predicted octanol–water partition coefficient (Wildman–Crippen LogP) is 2.77. The summed E-state index contributed by atoms with van der Waals surface area (Å²) in [4.78, 5) is 14.6. The molecule has 0 aromatic heterocycles. The number of ether oxygens (including phenoxy) is 1. The van der Waals surface area contributed by atoms with E-state index < -0.39 is 0 Å². The predicted molar refractivity (Wildman–Crippen MR) is 89.0 cm³/mol. The Morgan fingerprint density at radius 2 is 2.23 bits per heavy atom. The molecule has 1 heterocycles. The third-order valence-electron chi connectivity index (χ3n) is 4.70. The van der Waals surface area contributed by atoms with Gasteiger partial charge in [0.05, 0.1) is 7.11 Å². The molecule has 1 aliphatic heterocycles. The van der Waals surface area contributed by atoms with Crippen LogP contribution in [-0.4, -0.2) is 37.0 Å². The summed E-state index contributed by atoms with van der Waals surface area (Å²) in [6.45, 7) is 5.81. The molecule has 1 fully saturated rings. The molecule has 3 atom stereocenters. The Morgan fingerprint density at radius 3 is 2.91 bits per heavy atom. The largest absolute Gasteiger partial charge is 0.497 e. The van der Waals surface area contributed by atoms with Crippen LogP contribution in [0.5, 0.6) is 5.75 Å². The molecule has 0 aliphatic carbocycles. The third kappa shape index (κ3) is 4.23. The molecule has 2 N–H and O–H groups in total. The van der Waals surface area contributed by atoms with E-state index in [4.69, 9.17) is 10.5 Å². The number of carbonyl (C=O) groups is 1. The molecule has 4 heteroatoms. The number of benzene rings is 1. The molecular formula is C18H28N2O2. The van der Waals surface area contributed by atoms with E-state index in [1.807, 2.05) is 30.0 Å². The highest BCUT2D eigenvalue weighted by Crippen LogP contribution is 2.25. The molecular weight excluding hydrogens is 276 g/mol. The van der Waals surface area contributed by atoms with Crippen molar-refractivity contribution in [1.29, 1.82) is 0 Å². The van der Waals surface area contributed by atoms with Crippen molar-refractivity contribution in [1.82, 2.24) is 4.90 Å². The van der Waals surface area contributed by atoms with Gasteiger partial charge in [-0.1, -0.05) is 19.1 Å². The second-order valence-corrected chi connectivity index (χ2v) is 6.48. The molecule has 1 saturated heterocycles. The van der Waals surface area contributed by atoms with Gasteiger partial charge >= 0.3 is 0 Å². The normalized spacial score (nSPS) is 21.3. The van der Waals surface area contributed by atoms with Crippen molar-refractivity contribution in [2.75, 3.05) is 20.2 Å². The number of carbonyl (C=O) groups excluding carboxylic acids is 1. The van der Waals surface area contributed by atoms with Crippen LogP contribution in [0.3, 0.4) is 0 Å². The Bertz CT molecular complexity index is 502. The summed E-state index contributed by atoms with van der Waals surface area (Å²) in [7, 11) is 1.66. The van der Waals surface area contributed by atoms with Gasteiger partial charge in [0.1, 0.15) is 5.75 Å². The van der Waals surface area contributed by atoms with Crippen molar-refractivity contribution in [3.8, 4) is 5.75 Å². The lowest BCUT2D eigenvalue weighted by Crippen LogP contribution is -2.45. The van der Waals surface area contributed by atoms with E-state index in [1.54, 1.807) is 7.11 Å². The number of rotatable bonds is 5. The van der Waals surface area contributed by atoms with Crippen LogP contribution in [0.25, 0.3) is 0 Å². The monoisotopic (exact) mass is 304 g/mol. The molecule has 0 bridgehead atoms. The van der Waals surface area contributed by atoms with Gasteiger partial charge < -0.3 is 15.4 Å². The molecule has 122 valence electrons. The smallest absolute Gasteiger partial charge is 0.223 e. The lowest BCUT2D eigenvalue weighted by atomic mass is 9.91. The zero-order chi connectivity index (χ0) is 16.1. The number of amides is 1. The third-order valence-corrected chi connectivity index (χ3v) is 4.70. The summed E-state index contributed by atoms with van der Waals surface area (Å²) in [5.41, 5.74) is 7.15. The second-order valence-electron chi connectivity index (χ2n) is 6.48. The highest BCUT2D eigenvalue weighted by molar-refractivity contribution is 5.77. The zero-order valence-corrected chi connectivity index (χ0v) is 13.9. The van der Waals surface area contributed by atoms with Gasteiger partial charge in [-0.05, 0) is 49.3 Å². The fourth-order valence-corrected chi connectivity index (χ4v) is 3.12. The standard InChI is InChI=1S/C18H28N2O2/c1-13(15-6-4-8-17(11-15)22-3)10-18(21)20-9-5-7-16(12-20)14(2)19/h4,6,8,11,13-14,16H,5,7,9-10,12,19H2,1-3H3. The second kappa shape index (κ2) is 7.63. The highest BCUT2D eigenvalue weighted by Gasteiger charge is 2.26. The number of nitrogens with zero attached hydrogens (tertiary/aromatic N) is 1. The molecule has 2 rings (SSSR count). The number of methoxy groups -OCH3 is 1. The van der Waals surface area contributed by atoms with E-state index in [9.17, 15) is 4.79 Å². The summed E-state index contributed by atoms with van der Waals surface area (Å²) >= 11 is 0. The molecule has 3 unspecified atom stereocenters. The average Bonchev–Trinajstić information content (AvgIpc) is 2.54. The van der Waals surface area contributed by atoms with Gasteiger partial charge in [-0.3, -0.25) is 4.79 Å². The minimum atomic E-state index is 0.159. The molecule has 0 spiro atoms. The Hall–Kier alpha value is -1.55. The Labute approximate surface area is 133 Å². The zero-order valence-electron chi connectivity index (χ0n) is 13.9. The number of piperidine rings is 1. The van der Waals surface area contributed by atoms with E-state index in [2.05, 4.69) is 13.0 Å². The molecule has 1 aromatic carbocycles. The van der Waals surface area contributed by atoms with Crippen LogP contribution in [0.1, 0.15) is 44.6 Å². The van der Waals surface area contributed by atoms with Gasteiger partial charge in [0, 0.05) is 25.6 Å². The summed E-state index contributed by atoms with van der Waals surface area (Å²) in [5.74, 6) is 1.70. The van der Waals surface area contributed by atoms with Gasteiger partial charge in [-0.2, -0.15) is 0 Å². The van der Waals surface area contributed by atoms with Crippen molar-refractivity contribution >= 4 is 5.91 Å². The first kappa shape index (κ1) is 16.8. The van der Waals surface area contributed by atoms with Gasteiger partial charge in [0.15, 0.2) is 0 Å². The fraction of sp³-hybridized carbons (Fsp3) is 0.611. The van der Waals surface area contributed by atoms with Crippen LogP contribution in [0, 0.1) is 5.92 Å². The van der Waals surface area contributed by atoms with E-state index in [0.717, 1.165) is 37.2 Å². The van der Waals surface area contributed by atoms with Gasteiger partial charge in [0.25, 0.3) is 0 Å². The summed E-state index contributed by atoms with van der Waals surface area (Å²) in [5, 5.41) is 0. The van der Waals surface area contributed by atoms with Crippen LogP contribution in [0.2, 0.25) is 0 Å². The van der Waals surface area contributed by atoms with E-state index >= 15 is 0 Å². The summed E-state index contributed by atoms with van der Waals surface area (Å²) < 4.78 is 5.26. The lowest BCUT2D eigenvalue weighted by Gasteiger charge is -2.35. The van der Waals surface area contributed by atoms with Gasteiger partial charge in [-0.25, -0.2) is 0 Å². The Balaban J connectivity index is 1.95. The number of likely N-dealkylation sites (tertiary alicyclic amines) is 1. The first-order chi connectivity index (χ1) is 10.5. The molecule has 0 saturated carbocycles. The minimum absolute atomic E-state index is 0.159. The Morgan fingerprint density at radius 1 is 1.45 bits per heavy atom. The molecule has 4 nitrogen and oxygen atoms in total. The molecule has 1 aromatic rings. The van der Waals surface area contributed by atoms with Crippen molar-refractivity contribution in [2.24, 2.45) is 11.7 Å². The summed E-state index contributed by atoms with van der Waals surface area (Å²) in [6, 6.07) is 8.13. The van der Waals surface area contributed by atoms with Crippen LogP contribution in [0.4, 0.5) is 0 Å². The molecule has 0 radical (unpaired) electrons. The Kier molecular flexibility index (Phi) is 5.83. The number of hydrogen-bond donors (Lipinski definition) is 1. The first-order valence-electron chi connectivity index (χ1n) is 8.18. The van der Waals surface area contributed by atoms with Crippen molar-refractivity contribution in [3.05, 3.63) is 29.8 Å². The average molecular weight is 304 g/mol. The minimum Gasteiger partial charge on any atom is -0.497 e. The van der Waals surface area contributed by atoms with Crippen LogP contribution in [0.15, 0.2) is 24.3 Å². The maximum Gasteiger partial charge on any atom is 0.223 e. The number of nitrogens with two attached hydrogens (primary N) is 1. The molecule has 1 amide bonds. The van der Waals surface area contributed by atoms with E-state index in [-0.39, 0.29) is 17.9 Å². The fourth-order valence-electron chi connectivity index (χ4n) is 3.12. The van der Waals surface area contributed by atoms with Crippen LogP contribution >= 0.6 is 0 Å². The lowest BCUT2D eigenvalue weighted by molar-refractivity contribution is -0.133. The maximum atomic E-state index is 12.6. The number of hydrogen-bond acceptors (Lipinski definition) is 3. The maximum absolute atomic E-state index is 12.6. The van der Waals surface area contributed by atoms with Crippen molar-refractivity contribution < 1.29 is 9.53 Å². The van der Waals surface area contributed by atoms with Gasteiger partial charge in [-0.15, -0.1) is 0 Å². The van der Waals surface area contributed by atoms with Crippen LogP contribution in [-0.2, 0) is 4.79 Å². The quantitative estimate of drug-likeness (QED) is 0.910. The summed E-state index contributed by atoms with van der Waals surface area (Å²) in [6.07, 6.45) is 2.73. The molecule has 22 heavy (non-hydrogen) atoms. The van der Waals surface area contributed by atoms with Gasteiger partial charge in [0.2, 0.25) is 5.91 Å². The first-order valence-corrected chi connectivity index (χ1v) is 8.18.